The number of aromatic nitrogens is 3. The lowest BCUT2D eigenvalue weighted by Crippen LogP contribution is -2.46. The standard InChI is InChI=1S/C17H30N8O/c1-8-24(9-2)14(26)13(7)25(10-18)17-22-15(19-11(3)4)21-16(23-17)20-12(5)6/h11-13H,8-9H2,1-7H3,(H2,19,20,21,22,23)/t13-/m0/s1. The Morgan fingerprint density at radius 3 is 1.81 bits per heavy atom. The summed E-state index contributed by atoms with van der Waals surface area (Å²) in [6.45, 7) is 14.5. The van der Waals surface area contributed by atoms with Gasteiger partial charge in [-0.05, 0) is 48.5 Å². The van der Waals surface area contributed by atoms with Crippen molar-refractivity contribution in [2.45, 2.75) is 66.6 Å². The topological polar surface area (TPSA) is 110 Å². The maximum absolute atomic E-state index is 12.6. The van der Waals surface area contributed by atoms with Crippen LogP contribution in [0, 0.1) is 11.5 Å². The van der Waals surface area contributed by atoms with Crippen LogP contribution in [0.5, 0.6) is 0 Å². The van der Waals surface area contributed by atoms with E-state index >= 15 is 0 Å². The molecule has 0 saturated carbocycles. The number of carbonyl (C=O) groups excluding carboxylic acids is 1. The lowest BCUT2D eigenvalue weighted by atomic mass is 10.2. The number of nitrogens with zero attached hydrogens (tertiary/aromatic N) is 6. The highest BCUT2D eigenvalue weighted by Crippen LogP contribution is 2.17. The highest BCUT2D eigenvalue weighted by Gasteiger charge is 2.28. The van der Waals surface area contributed by atoms with Crippen molar-refractivity contribution in [3.8, 4) is 6.19 Å². The van der Waals surface area contributed by atoms with Crippen LogP contribution in [0.2, 0.25) is 0 Å². The average molecular weight is 362 g/mol. The first-order chi connectivity index (χ1) is 12.2. The monoisotopic (exact) mass is 362 g/mol. The molecule has 9 heteroatoms. The molecule has 0 aliphatic heterocycles. The molecule has 0 spiro atoms. The molecular formula is C17H30N8O. The highest BCUT2D eigenvalue weighted by atomic mass is 16.2. The molecule has 1 atom stereocenters. The zero-order valence-electron chi connectivity index (χ0n) is 16.7. The van der Waals surface area contributed by atoms with E-state index in [1.54, 1.807) is 11.8 Å². The Morgan fingerprint density at radius 2 is 1.46 bits per heavy atom. The Bertz CT molecular complexity index is 608. The van der Waals surface area contributed by atoms with E-state index < -0.39 is 6.04 Å². The molecule has 0 radical (unpaired) electrons. The van der Waals surface area contributed by atoms with Crippen molar-refractivity contribution < 1.29 is 4.79 Å². The maximum atomic E-state index is 12.6. The second-order valence-electron chi connectivity index (χ2n) is 6.54. The average Bonchev–Trinajstić information content (AvgIpc) is 2.54. The molecule has 1 amide bonds. The minimum absolute atomic E-state index is 0.113. The van der Waals surface area contributed by atoms with Crippen LogP contribution in [0.15, 0.2) is 0 Å². The zero-order valence-corrected chi connectivity index (χ0v) is 16.7. The molecule has 1 heterocycles. The molecule has 0 aliphatic carbocycles. The SMILES string of the molecule is CCN(CC)C(=O)[C@H](C)N(C#N)c1nc(NC(C)C)nc(NC(C)C)n1. The first-order valence-corrected chi connectivity index (χ1v) is 9.00. The fourth-order valence-electron chi connectivity index (χ4n) is 2.33. The van der Waals surface area contributed by atoms with E-state index in [4.69, 9.17) is 0 Å². The van der Waals surface area contributed by atoms with Crippen molar-refractivity contribution in [3.63, 3.8) is 0 Å². The van der Waals surface area contributed by atoms with Gasteiger partial charge in [-0.25, -0.2) is 4.90 Å². The first kappa shape index (κ1) is 21.4. The summed E-state index contributed by atoms with van der Waals surface area (Å²) in [4.78, 5) is 28.5. The van der Waals surface area contributed by atoms with Gasteiger partial charge in [-0.1, -0.05) is 0 Å². The van der Waals surface area contributed by atoms with Crippen LogP contribution >= 0.6 is 0 Å². The van der Waals surface area contributed by atoms with Crippen molar-refractivity contribution in [2.75, 3.05) is 28.6 Å². The van der Waals surface area contributed by atoms with Crippen LogP contribution in [0.3, 0.4) is 0 Å². The quantitative estimate of drug-likeness (QED) is 0.507. The van der Waals surface area contributed by atoms with Gasteiger partial charge in [0.05, 0.1) is 0 Å². The lowest BCUT2D eigenvalue weighted by Gasteiger charge is -2.27. The maximum Gasteiger partial charge on any atom is 0.246 e. The van der Waals surface area contributed by atoms with E-state index in [2.05, 4.69) is 25.6 Å². The van der Waals surface area contributed by atoms with Crippen molar-refractivity contribution in [1.82, 2.24) is 19.9 Å². The Hall–Kier alpha value is -2.63. The number of likely N-dealkylation sites (N-methyl/N-ethyl adjacent to an activating group) is 1. The number of nitrogens with one attached hydrogen (secondary N) is 2. The Kier molecular flexibility index (Phi) is 8.03. The van der Waals surface area contributed by atoms with Gasteiger partial charge in [0.15, 0.2) is 6.19 Å². The van der Waals surface area contributed by atoms with Crippen LogP contribution in [-0.2, 0) is 4.79 Å². The third-order valence-electron chi connectivity index (χ3n) is 3.60. The molecule has 1 aromatic rings. The van der Waals surface area contributed by atoms with Crippen LogP contribution in [-0.4, -0.2) is 57.0 Å². The molecule has 0 saturated heterocycles. The predicted molar refractivity (Wildman–Crippen MR) is 103 cm³/mol. The molecular weight excluding hydrogens is 332 g/mol. The fraction of sp³-hybridized carbons (Fsp3) is 0.706. The van der Waals surface area contributed by atoms with E-state index in [0.717, 1.165) is 0 Å². The second kappa shape index (κ2) is 9.75. The van der Waals surface area contributed by atoms with Gasteiger partial charge in [0.25, 0.3) is 0 Å². The number of carbonyl (C=O) groups is 1. The van der Waals surface area contributed by atoms with Crippen LogP contribution in [0.1, 0.15) is 48.5 Å². The van der Waals surface area contributed by atoms with Crippen molar-refractivity contribution >= 4 is 23.8 Å². The molecule has 9 nitrogen and oxygen atoms in total. The normalized spacial score (nSPS) is 11.8. The van der Waals surface area contributed by atoms with Crippen LogP contribution < -0.4 is 15.5 Å². The molecule has 0 aromatic carbocycles. The third kappa shape index (κ3) is 5.72. The highest BCUT2D eigenvalue weighted by molar-refractivity contribution is 5.85. The second-order valence-corrected chi connectivity index (χ2v) is 6.54. The number of hydrogen-bond donors (Lipinski definition) is 2. The summed E-state index contributed by atoms with van der Waals surface area (Å²) in [6, 6.07) is -0.481. The number of amides is 1. The number of rotatable bonds is 9. The Labute approximate surface area is 155 Å². The summed E-state index contributed by atoms with van der Waals surface area (Å²) in [5.41, 5.74) is 0. The van der Waals surface area contributed by atoms with E-state index in [1.165, 1.54) is 4.90 Å². The first-order valence-electron chi connectivity index (χ1n) is 9.00. The third-order valence-corrected chi connectivity index (χ3v) is 3.60. The van der Waals surface area contributed by atoms with Gasteiger partial charge >= 0.3 is 0 Å². The molecule has 26 heavy (non-hydrogen) atoms. The van der Waals surface area contributed by atoms with Gasteiger partial charge in [-0.2, -0.15) is 20.2 Å². The predicted octanol–water partition coefficient (Wildman–Crippen LogP) is 2.06. The molecule has 2 N–H and O–H groups in total. The number of nitriles is 1. The van der Waals surface area contributed by atoms with Crippen LogP contribution in [0.4, 0.5) is 17.8 Å². The summed E-state index contributed by atoms with van der Waals surface area (Å²) in [6.07, 6.45) is 2.04. The van der Waals surface area contributed by atoms with Gasteiger partial charge in [-0.3, -0.25) is 4.79 Å². The largest absolute Gasteiger partial charge is 0.352 e. The molecule has 1 aromatic heterocycles. The lowest BCUT2D eigenvalue weighted by molar-refractivity contribution is -0.131. The molecule has 1 rings (SSSR count). The molecule has 0 unspecified atom stereocenters. The minimum atomic E-state index is -0.707. The number of anilines is 3. The van der Waals surface area contributed by atoms with Crippen molar-refractivity contribution in [3.05, 3.63) is 0 Å². The van der Waals surface area contributed by atoms with E-state index in [1.807, 2.05) is 47.7 Å². The summed E-state index contributed by atoms with van der Waals surface area (Å²) in [5.74, 6) is 0.710. The van der Waals surface area contributed by atoms with Gasteiger partial charge in [0.1, 0.15) is 6.04 Å². The molecule has 144 valence electrons. The van der Waals surface area contributed by atoms with Crippen molar-refractivity contribution in [2.24, 2.45) is 0 Å². The fourth-order valence-corrected chi connectivity index (χ4v) is 2.33. The van der Waals surface area contributed by atoms with E-state index in [0.29, 0.717) is 25.0 Å². The summed E-state index contributed by atoms with van der Waals surface area (Å²) in [7, 11) is 0. The molecule has 0 aliphatic rings. The van der Waals surface area contributed by atoms with E-state index in [-0.39, 0.29) is 23.9 Å². The van der Waals surface area contributed by atoms with Crippen molar-refractivity contribution in [1.29, 1.82) is 5.26 Å². The van der Waals surface area contributed by atoms with Crippen LogP contribution in [0.25, 0.3) is 0 Å². The molecule has 0 fully saturated rings. The smallest absolute Gasteiger partial charge is 0.246 e. The summed E-state index contributed by atoms with van der Waals surface area (Å²) >= 11 is 0. The Morgan fingerprint density at radius 1 is 1.00 bits per heavy atom. The minimum Gasteiger partial charge on any atom is -0.352 e. The van der Waals surface area contributed by atoms with E-state index in [9.17, 15) is 10.1 Å². The molecule has 0 bridgehead atoms. The zero-order chi connectivity index (χ0) is 19.9. The number of hydrogen-bond acceptors (Lipinski definition) is 8. The van der Waals surface area contributed by atoms with Gasteiger partial charge in [0, 0.05) is 25.2 Å². The Balaban J connectivity index is 3.26. The van der Waals surface area contributed by atoms with Gasteiger partial charge in [-0.15, -0.1) is 0 Å². The summed E-state index contributed by atoms with van der Waals surface area (Å²) < 4.78 is 0. The summed E-state index contributed by atoms with van der Waals surface area (Å²) in [5, 5.41) is 15.9. The van der Waals surface area contributed by atoms with Gasteiger partial charge in [0.2, 0.25) is 23.8 Å². The van der Waals surface area contributed by atoms with Gasteiger partial charge < -0.3 is 15.5 Å².